The summed E-state index contributed by atoms with van der Waals surface area (Å²) in [6, 6.07) is 24.1. The van der Waals surface area contributed by atoms with E-state index in [0.717, 1.165) is 5.56 Å². The average Bonchev–Trinajstić information content (AvgIpc) is 3.62. The van der Waals surface area contributed by atoms with Gasteiger partial charge in [-0.2, -0.15) is 0 Å². The van der Waals surface area contributed by atoms with E-state index in [-0.39, 0.29) is 31.3 Å². The molecule has 0 aliphatic rings. The van der Waals surface area contributed by atoms with Crippen molar-refractivity contribution in [3.8, 4) is 0 Å². The van der Waals surface area contributed by atoms with E-state index < -0.39 is 17.9 Å². The van der Waals surface area contributed by atoms with E-state index in [1.165, 1.54) is 23.5 Å². The molecule has 3 amide bonds. The number of benzene rings is 2. The smallest absolute Gasteiger partial charge is 0.287 e. The Morgan fingerprint density at radius 3 is 2.11 bits per heavy atom. The molecule has 0 radical (unpaired) electrons. The highest BCUT2D eigenvalue weighted by molar-refractivity contribution is 5.95. The normalized spacial score (nSPS) is 11.4. The lowest BCUT2D eigenvalue weighted by atomic mass is 10.0. The number of furan rings is 2. The highest BCUT2D eigenvalue weighted by Gasteiger charge is 2.31. The van der Waals surface area contributed by atoms with Crippen LogP contribution in [-0.2, 0) is 22.7 Å². The van der Waals surface area contributed by atoms with Crippen molar-refractivity contribution in [2.75, 3.05) is 6.54 Å². The maximum Gasteiger partial charge on any atom is 0.287 e. The van der Waals surface area contributed by atoms with E-state index in [1.54, 1.807) is 30.3 Å². The molecule has 0 saturated carbocycles. The average molecular weight is 472 g/mol. The van der Waals surface area contributed by atoms with Gasteiger partial charge in [-0.1, -0.05) is 60.7 Å². The molecule has 0 spiro atoms. The van der Waals surface area contributed by atoms with Gasteiger partial charge in [0.2, 0.25) is 11.8 Å². The van der Waals surface area contributed by atoms with Crippen molar-refractivity contribution in [2.45, 2.75) is 19.1 Å². The lowest BCUT2D eigenvalue weighted by Gasteiger charge is -2.31. The van der Waals surface area contributed by atoms with Crippen LogP contribution < -0.4 is 10.6 Å². The Hall–Kier alpha value is -4.59. The van der Waals surface area contributed by atoms with Gasteiger partial charge in [-0.3, -0.25) is 14.4 Å². The minimum atomic E-state index is -0.931. The van der Waals surface area contributed by atoms with Crippen LogP contribution in [0.5, 0.6) is 0 Å². The SMILES string of the molecule is O=C(NCC(=O)N(Cc1ccccc1)C(C(=O)NCc1ccco1)c1ccccc1)c1ccco1. The molecular weight excluding hydrogens is 446 g/mol. The number of carbonyl (C=O) groups is 3. The van der Waals surface area contributed by atoms with E-state index in [9.17, 15) is 14.4 Å². The monoisotopic (exact) mass is 471 g/mol. The summed E-state index contributed by atoms with van der Waals surface area (Å²) in [5, 5.41) is 5.44. The second-order valence-electron chi connectivity index (χ2n) is 7.78. The Kier molecular flexibility index (Phi) is 7.75. The quantitative estimate of drug-likeness (QED) is 0.367. The van der Waals surface area contributed by atoms with Crippen molar-refractivity contribution in [3.05, 3.63) is 120 Å². The topological polar surface area (TPSA) is 105 Å². The standard InChI is InChI=1S/C27H25N3O5/c31-24(18-29-26(32)23-14-8-16-35-23)30(19-20-9-3-1-4-10-20)25(21-11-5-2-6-12-21)27(33)28-17-22-13-7-15-34-22/h1-16,25H,17-19H2,(H,28,33)(H,29,32). The van der Waals surface area contributed by atoms with E-state index in [1.807, 2.05) is 48.5 Å². The third kappa shape index (κ3) is 6.26. The van der Waals surface area contributed by atoms with Gasteiger partial charge >= 0.3 is 0 Å². The zero-order chi connectivity index (χ0) is 24.5. The molecule has 4 rings (SSSR count). The summed E-state index contributed by atoms with van der Waals surface area (Å²) in [7, 11) is 0. The molecule has 2 aromatic carbocycles. The second kappa shape index (κ2) is 11.5. The number of hydrogen-bond acceptors (Lipinski definition) is 5. The summed E-state index contributed by atoms with van der Waals surface area (Å²) in [5.74, 6) is -0.605. The van der Waals surface area contributed by atoms with Crippen LogP contribution in [-0.4, -0.2) is 29.2 Å². The van der Waals surface area contributed by atoms with Crippen LogP contribution in [0.2, 0.25) is 0 Å². The fourth-order valence-corrected chi connectivity index (χ4v) is 3.65. The van der Waals surface area contributed by atoms with Crippen LogP contribution in [0.25, 0.3) is 0 Å². The summed E-state index contributed by atoms with van der Waals surface area (Å²) in [6.45, 7) is 0.0446. The molecule has 2 N–H and O–H groups in total. The van der Waals surface area contributed by atoms with Crippen LogP contribution in [0.4, 0.5) is 0 Å². The Bertz CT molecular complexity index is 1220. The molecule has 178 valence electrons. The second-order valence-corrected chi connectivity index (χ2v) is 7.78. The van der Waals surface area contributed by atoms with Crippen LogP contribution in [0.15, 0.2) is 106 Å². The van der Waals surface area contributed by atoms with Crippen molar-refractivity contribution in [1.82, 2.24) is 15.5 Å². The maximum atomic E-state index is 13.5. The molecule has 35 heavy (non-hydrogen) atoms. The minimum Gasteiger partial charge on any atom is -0.467 e. The molecule has 0 bridgehead atoms. The van der Waals surface area contributed by atoms with Crippen LogP contribution in [0.3, 0.4) is 0 Å². The number of carbonyl (C=O) groups excluding carboxylic acids is 3. The predicted octanol–water partition coefficient (Wildman–Crippen LogP) is 3.69. The van der Waals surface area contributed by atoms with Gasteiger partial charge in [0.15, 0.2) is 5.76 Å². The van der Waals surface area contributed by atoms with Gasteiger partial charge in [-0.05, 0) is 35.4 Å². The Balaban J connectivity index is 1.60. The van der Waals surface area contributed by atoms with Gasteiger partial charge in [0.05, 0.1) is 25.6 Å². The molecule has 0 aliphatic carbocycles. The first-order chi connectivity index (χ1) is 17.1. The van der Waals surface area contributed by atoms with Crippen LogP contribution in [0.1, 0.15) is 33.5 Å². The number of amides is 3. The van der Waals surface area contributed by atoms with E-state index in [2.05, 4.69) is 10.6 Å². The van der Waals surface area contributed by atoms with Gasteiger partial charge in [0.25, 0.3) is 5.91 Å². The first-order valence-electron chi connectivity index (χ1n) is 11.1. The first kappa shape index (κ1) is 23.6. The minimum absolute atomic E-state index is 0.100. The molecule has 0 aliphatic heterocycles. The van der Waals surface area contributed by atoms with Crippen molar-refractivity contribution in [1.29, 1.82) is 0 Å². The van der Waals surface area contributed by atoms with Crippen LogP contribution in [0, 0.1) is 0 Å². The third-order valence-electron chi connectivity index (χ3n) is 5.35. The fraction of sp³-hybridized carbons (Fsp3) is 0.148. The highest BCUT2D eigenvalue weighted by Crippen LogP contribution is 2.24. The fourth-order valence-electron chi connectivity index (χ4n) is 3.65. The summed E-state index contributed by atoms with van der Waals surface area (Å²) in [4.78, 5) is 40.7. The molecule has 2 aromatic heterocycles. The maximum absolute atomic E-state index is 13.5. The third-order valence-corrected chi connectivity index (χ3v) is 5.35. The zero-order valence-corrected chi connectivity index (χ0v) is 18.9. The first-order valence-corrected chi connectivity index (χ1v) is 11.1. The Labute approximate surface area is 202 Å². The Morgan fingerprint density at radius 2 is 1.46 bits per heavy atom. The molecule has 8 nitrogen and oxygen atoms in total. The van der Waals surface area contributed by atoms with Gasteiger partial charge in [0.1, 0.15) is 11.8 Å². The summed E-state index contributed by atoms with van der Waals surface area (Å²) in [5.41, 5.74) is 1.49. The number of nitrogens with one attached hydrogen (secondary N) is 2. The van der Waals surface area contributed by atoms with Crippen molar-refractivity contribution < 1.29 is 23.2 Å². The molecular formula is C27H25N3O5. The van der Waals surface area contributed by atoms with E-state index >= 15 is 0 Å². The lowest BCUT2D eigenvalue weighted by molar-refractivity contribution is -0.141. The molecule has 0 fully saturated rings. The van der Waals surface area contributed by atoms with E-state index in [4.69, 9.17) is 8.83 Å². The molecule has 8 heteroatoms. The van der Waals surface area contributed by atoms with Gasteiger partial charge in [-0.25, -0.2) is 0 Å². The summed E-state index contributed by atoms with van der Waals surface area (Å²) >= 11 is 0. The zero-order valence-electron chi connectivity index (χ0n) is 18.9. The van der Waals surface area contributed by atoms with Crippen molar-refractivity contribution in [3.63, 3.8) is 0 Å². The molecule has 1 atom stereocenters. The summed E-state index contributed by atoms with van der Waals surface area (Å²) in [6.07, 6.45) is 2.91. The molecule has 0 saturated heterocycles. The van der Waals surface area contributed by atoms with Gasteiger partial charge in [0, 0.05) is 6.54 Å². The molecule has 4 aromatic rings. The molecule has 2 heterocycles. The number of rotatable bonds is 10. The number of nitrogens with zero attached hydrogens (tertiary/aromatic N) is 1. The Morgan fingerprint density at radius 1 is 0.771 bits per heavy atom. The lowest BCUT2D eigenvalue weighted by Crippen LogP contribution is -2.46. The van der Waals surface area contributed by atoms with Crippen molar-refractivity contribution >= 4 is 17.7 Å². The number of hydrogen-bond donors (Lipinski definition) is 2. The molecule has 1 unspecified atom stereocenters. The van der Waals surface area contributed by atoms with Gasteiger partial charge < -0.3 is 24.4 Å². The van der Waals surface area contributed by atoms with Crippen LogP contribution >= 0.6 is 0 Å². The van der Waals surface area contributed by atoms with Gasteiger partial charge in [-0.15, -0.1) is 0 Å². The van der Waals surface area contributed by atoms with E-state index in [0.29, 0.717) is 11.3 Å². The van der Waals surface area contributed by atoms with Crippen molar-refractivity contribution in [2.24, 2.45) is 0 Å². The predicted molar refractivity (Wildman–Crippen MR) is 128 cm³/mol. The largest absolute Gasteiger partial charge is 0.467 e. The summed E-state index contributed by atoms with van der Waals surface area (Å²) < 4.78 is 10.4. The highest BCUT2D eigenvalue weighted by atomic mass is 16.3.